The Labute approximate surface area is 125 Å². The topological polar surface area (TPSA) is 54.0 Å². The van der Waals surface area contributed by atoms with E-state index in [1.54, 1.807) is 12.3 Å². The molecule has 1 amide bonds. The molecule has 0 aliphatic carbocycles. The van der Waals surface area contributed by atoms with Crippen LogP contribution in [0.25, 0.3) is 0 Å². The second-order valence-corrected chi connectivity index (χ2v) is 4.96. The van der Waals surface area contributed by atoms with Crippen LogP contribution < -0.4 is 10.6 Å². The zero-order chi connectivity index (χ0) is 15.1. The molecule has 0 saturated carbocycles. The van der Waals surface area contributed by atoms with Crippen LogP contribution in [0.5, 0.6) is 0 Å². The van der Waals surface area contributed by atoms with Crippen LogP contribution in [0.15, 0.2) is 42.6 Å². The lowest BCUT2D eigenvalue weighted by Crippen LogP contribution is -2.23. The van der Waals surface area contributed by atoms with Crippen LogP contribution in [0.3, 0.4) is 0 Å². The molecule has 0 spiro atoms. The summed E-state index contributed by atoms with van der Waals surface area (Å²) in [7, 11) is 0. The minimum absolute atomic E-state index is 0.139. The quantitative estimate of drug-likeness (QED) is 0.857. The van der Waals surface area contributed by atoms with Crippen molar-refractivity contribution in [3.8, 4) is 0 Å². The fourth-order valence-corrected chi connectivity index (χ4v) is 2.13. The van der Waals surface area contributed by atoms with E-state index < -0.39 is 0 Å². The van der Waals surface area contributed by atoms with Gasteiger partial charge in [-0.25, -0.2) is 0 Å². The summed E-state index contributed by atoms with van der Waals surface area (Å²) in [5, 5.41) is 6.08. The highest BCUT2D eigenvalue weighted by atomic mass is 16.1. The Hall–Kier alpha value is -2.36. The van der Waals surface area contributed by atoms with Crippen molar-refractivity contribution in [3.63, 3.8) is 0 Å². The lowest BCUT2D eigenvalue weighted by molar-refractivity contribution is 0.0951. The highest BCUT2D eigenvalue weighted by molar-refractivity contribution is 5.93. The van der Waals surface area contributed by atoms with Gasteiger partial charge in [0.1, 0.15) is 5.69 Å². The van der Waals surface area contributed by atoms with Crippen molar-refractivity contribution < 1.29 is 4.79 Å². The monoisotopic (exact) mass is 283 g/mol. The van der Waals surface area contributed by atoms with Gasteiger partial charge in [-0.05, 0) is 38.0 Å². The molecule has 2 aromatic rings. The highest BCUT2D eigenvalue weighted by Gasteiger charge is 2.06. The first-order valence-corrected chi connectivity index (χ1v) is 7.22. The Bertz CT molecular complexity index is 610. The number of benzene rings is 1. The van der Waals surface area contributed by atoms with Crippen molar-refractivity contribution in [3.05, 3.63) is 59.4 Å². The molecule has 0 fully saturated rings. The van der Waals surface area contributed by atoms with Crippen molar-refractivity contribution >= 4 is 11.6 Å². The maximum absolute atomic E-state index is 11.7. The van der Waals surface area contributed by atoms with Gasteiger partial charge >= 0.3 is 0 Å². The molecule has 0 atom stereocenters. The van der Waals surface area contributed by atoms with Crippen molar-refractivity contribution in [2.24, 2.45) is 0 Å². The van der Waals surface area contributed by atoms with Gasteiger partial charge in [0.2, 0.25) is 0 Å². The Morgan fingerprint density at radius 3 is 2.86 bits per heavy atom. The molecular weight excluding hydrogens is 262 g/mol. The maximum Gasteiger partial charge on any atom is 0.269 e. The molecule has 0 aliphatic rings. The first-order valence-electron chi connectivity index (χ1n) is 7.22. The maximum atomic E-state index is 11.7. The lowest BCUT2D eigenvalue weighted by Gasteiger charge is -2.08. The minimum atomic E-state index is -0.139. The molecule has 0 unspecified atom stereocenters. The number of nitrogens with zero attached hydrogens (tertiary/aromatic N) is 1. The normalized spacial score (nSPS) is 10.2. The molecule has 1 aromatic carbocycles. The Kier molecular flexibility index (Phi) is 5.32. The van der Waals surface area contributed by atoms with Crippen LogP contribution >= 0.6 is 0 Å². The van der Waals surface area contributed by atoms with Gasteiger partial charge in [-0.1, -0.05) is 29.8 Å². The summed E-state index contributed by atoms with van der Waals surface area (Å²) >= 11 is 0. The second kappa shape index (κ2) is 7.43. The Balaban J connectivity index is 1.91. The highest BCUT2D eigenvalue weighted by Crippen LogP contribution is 2.09. The number of aromatic nitrogens is 1. The van der Waals surface area contributed by atoms with Crippen molar-refractivity contribution in [1.29, 1.82) is 0 Å². The number of rotatable bonds is 6. The number of pyridine rings is 1. The Morgan fingerprint density at radius 2 is 2.10 bits per heavy atom. The van der Waals surface area contributed by atoms with Gasteiger partial charge in [0.25, 0.3) is 5.91 Å². The van der Waals surface area contributed by atoms with Gasteiger partial charge in [-0.3, -0.25) is 9.78 Å². The molecule has 1 aromatic heterocycles. The molecule has 1 heterocycles. The summed E-state index contributed by atoms with van der Waals surface area (Å²) in [5.74, 6) is -0.139. The molecule has 4 nitrogen and oxygen atoms in total. The summed E-state index contributed by atoms with van der Waals surface area (Å²) in [6.45, 7) is 5.41. The predicted molar refractivity (Wildman–Crippen MR) is 85.6 cm³/mol. The number of anilines is 1. The van der Waals surface area contributed by atoms with Gasteiger partial charge in [0.05, 0.1) is 0 Å². The Morgan fingerprint density at radius 1 is 1.24 bits per heavy atom. The van der Waals surface area contributed by atoms with Gasteiger partial charge in [-0.15, -0.1) is 0 Å². The SMILES string of the molecule is CCNC(=O)c1cc(NCCc2cccc(C)c2)ccn1. The van der Waals surface area contributed by atoms with Crippen molar-refractivity contribution in [2.45, 2.75) is 20.3 Å². The second-order valence-electron chi connectivity index (χ2n) is 4.96. The molecule has 0 aliphatic heterocycles. The molecule has 0 bridgehead atoms. The first kappa shape index (κ1) is 15.0. The van der Waals surface area contributed by atoms with Crippen LogP contribution in [-0.2, 0) is 6.42 Å². The van der Waals surface area contributed by atoms with E-state index in [1.807, 2.05) is 13.0 Å². The summed E-state index contributed by atoms with van der Waals surface area (Å²) in [4.78, 5) is 15.8. The average Bonchev–Trinajstić information content (AvgIpc) is 2.48. The number of hydrogen-bond acceptors (Lipinski definition) is 3. The minimum Gasteiger partial charge on any atom is -0.385 e. The van der Waals surface area contributed by atoms with Gasteiger partial charge in [0, 0.05) is 25.0 Å². The standard InChI is InChI=1S/C17H21N3O/c1-3-18-17(21)16-12-15(8-10-20-16)19-9-7-14-6-4-5-13(2)11-14/h4-6,8,10-12H,3,7,9H2,1-2H3,(H,18,21)(H,19,20). The van der Waals surface area contributed by atoms with E-state index in [0.717, 1.165) is 18.7 Å². The lowest BCUT2D eigenvalue weighted by atomic mass is 10.1. The fraction of sp³-hybridized carbons (Fsp3) is 0.294. The van der Waals surface area contributed by atoms with Crippen molar-refractivity contribution in [2.75, 3.05) is 18.4 Å². The zero-order valence-corrected chi connectivity index (χ0v) is 12.5. The molecule has 4 heteroatoms. The van der Waals surface area contributed by atoms with Gasteiger partial charge in [0.15, 0.2) is 0 Å². The molecule has 2 rings (SSSR count). The molecule has 2 N–H and O–H groups in total. The van der Waals surface area contributed by atoms with Crippen LogP contribution in [-0.4, -0.2) is 24.0 Å². The molecule has 0 saturated heterocycles. The third kappa shape index (κ3) is 4.60. The predicted octanol–water partition coefficient (Wildman–Crippen LogP) is 2.79. The van der Waals surface area contributed by atoms with Crippen molar-refractivity contribution in [1.82, 2.24) is 10.3 Å². The molecular formula is C17H21N3O. The number of carbonyl (C=O) groups is 1. The fourth-order valence-electron chi connectivity index (χ4n) is 2.13. The van der Waals surface area contributed by atoms with Crippen LogP contribution in [0.1, 0.15) is 28.5 Å². The zero-order valence-electron chi connectivity index (χ0n) is 12.5. The van der Waals surface area contributed by atoms with Gasteiger partial charge < -0.3 is 10.6 Å². The largest absolute Gasteiger partial charge is 0.385 e. The molecule has 110 valence electrons. The van der Waals surface area contributed by atoms with Crippen LogP contribution in [0, 0.1) is 6.92 Å². The smallest absolute Gasteiger partial charge is 0.269 e. The van der Waals surface area contributed by atoms with E-state index in [-0.39, 0.29) is 5.91 Å². The van der Waals surface area contributed by atoms with Crippen LogP contribution in [0.2, 0.25) is 0 Å². The molecule has 0 radical (unpaired) electrons. The number of amides is 1. The summed E-state index contributed by atoms with van der Waals surface area (Å²) < 4.78 is 0. The third-order valence-electron chi connectivity index (χ3n) is 3.16. The number of hydrogen-bond donors (Lipinski definition) is 2. The average molecular weight is 283 g/mol. The van der Waals surface area contributed by atoms with E-state index in [1.165, 1.54) is 11.1 Å². The van der Waals surface area contributed by atoms with E-state index in [9.17, 15) is 4.79 Å². The summed E-state index contributed by atoms with van der Waals surface area (Å²) in [6, 6.07) is 12.1. The van der Waals surface area contributed by atoms with Gasteiger partial charge in [-0.2, -0.15) is 0 Å². The number of aryl methyl sites for hydroxylation is 1. The molecule has 21 heavy (non-hydrogen) atoms. The number of nitrogens with one attached hydrogen (secondary N) is 2. The van der Waals surface area contributed by atoms with E-state index >= 15 is 0 Å². The summed E-state index contributed by atoms with van der Waals surface area (Å²) in [5.41, 5.74) is 3.94. The number of carbonyl (C=O) groups excluding carboxylic acids is 1. The summed E-state index contributed by atoms with van der Waals surface area (Å²) in [6.07, 6.45) is 2.60. The van der Waals surface area contributed by atoms with E-state index in [4.69, 9.17) is 0 Å². The van der Waals surface area contributed by atoms with Crippen LogP contribution in [0.4, 0.5) is 5.69 Å². The van der Waals surface area contributed by atoms with E-state index in [0.29, 0.717) is 12.2 Å². The van der Waals surface area contributed by atoms with E-state index in [2.05, 4.69) is 46.8 Å². The first-order chi connectivity index (χ1) is 10.2. The third-order valence-corrected chi connectivity index (χ3v) is 3.16.